The third-order valence-corrected chi connectivity index (χ3v) is 3.62. The lowest BCUT2D eigenvalue weighted by Crippen LogP contribution is -2.46. The van der Waals surface area contributed by atoms with Crippen LogP contribution >= 0.6 is 0 Å². The molecule has 2 amide bonds. The number of carbonyl (C=O) groups is 3. The Kier molecular flexibility index (Phi) is 3.84. The third-order valence-electron chi connectivity index (χ3n) is 3.62. The fraction of sp³-hybridized carbons (Fsp3) is 0.750. The Balaban J connectivity index is 1.88. The first-order chi connectivity index (χ1) is 8.58. The van der Waals surface area contributed by atoms with Crippen LogP contribution in [0, 0.1) is 5.92 Å². The monoisotopic (exact) mass is 254 g/mol. The number of hydrogen-bond acceptors (Lipinski definition) is 3. The van der Waals surface area contributed by atoms with Crippen LogP contribution in [0.2, 0.25) is 0 Å². The number of carboxylic acid groups (broad SMARTS) is 1. The predicted molar refractivity (Wildman–Crippen MR) is 62.8 cm³/mol. The Bertz CT molecular complexity index is 369. The molecule has 0 bridgehead atoms. The minimum atomic E-state index is -0.843. The second-order valence-corrected chi connectivity index (χ2v) is 4.94. The Labute approximate surface area is 106 Å². The van der Waals surface area contributed by atoms with Crippen molar-refractivity contribution in [3.8, 4) is 0 Å². The van der Waals surface area contributed by atoms with Crippen LogP contribution in [0.1, 0.15) is 25.7 Å². The summed E-state index contributed by atoms with van der Waals surface area (Å²) in [6, 6.07) is 0. The normalized spacial score (nSPS) is 24.4. The third kappa shape index (κ3) is 2.80. The maximum absolute atomic E-state index is 12.0. The van der Waals surface area contributed by atoms with Gasteiger partial charge in [-0.2, -0.15) is 0 Å². The van der Waals surface area contributed by atoms with E-state index >= 15 is 0 Å². The molecule has 0 aromatic heterocycles. The summed E-state index contributed by atoms with van der Waals surface area (Å²) in [6.45, 7) is 1.62. The molecular formula is C12H18N2O4. The summed E-state index contributed by atoms with van der Waals surface area (Å²) >= 11 is 0. The molecule has 2 heterocycles. The Morgan fingerprint density at radius 3 is 2.67 bits per heavy atom. The van der Waals surface area contributed by atoms with Gasteiger partial charge in [0.05, 0.1) is 12.5 Å². The Morgan fingerprint density at radius 2 is 2.06 bits per heavy atom. The van der Waals surface area contributed by atoms with Crippen LogP contribution in [-0.2, 0) is 14.4 Å². The number of likely N-dealkylation sites (tertiary alicyclic amines) is 2. The molecule has 0 radical (unpaired) electrons. The van der Waals surface area contributed by atoms with E-state index in [9.17, 15) is 14.4 Å². The van der Waals surface area contributed by atoms with Gasteiger partial charge in [0.25, 0.3) is 0 Å². The van der Waals surface area contributed by atoms with E-state index in [1.54, 1.807) is 9.80 Å². The minimum absolute atomic E-state index is 0.0233. The molecule has 0 saturated carbocycles. The molecule has 1 N–H and O–H groups in total. The van der Waals surface area contributed by atoms with Crippen molar-refractivity contribution in [1.29, 1.82) is 0 Å². The fourth-order valence-corrected chi connectivity index (χ4v) is 2.54. The molecule has 18 heavy (non-hydrogen) atoms. The van der Waals surface area contributed by atoms with Crippen molar-refractivity contribution < 1.29 is 19.5 Å². The van der Waals surface area contributed by atoms with Gasteiger partial charge < -0.3 is 14.9 Å². The molecular weight excluding hydrogens is 236 g/mol. The zero-order valence-electron chi connectivity index (χ0n) is 10.3. The van der Waals surface area contributed by atoms with Gasteiger partial charge in [0.1, 0.15) is 0 Å². The van der Waals surface area contributed by atoms with E-state index in [0.29, 0.717) is 25.9 Å². The first-order valence-electron chi connectivity index (χ1n) is 6.36. The van der Waals surface area contributed by atoms with Crippen molar-refractivity contribution in [3.63, 3.8) is 0 Å². The lowest BCUT2D eigenvalue weighted by atomic mass is 9.98. The molecule has 2 aliphatic heterocycles. The molecule has 0 unspecified atom stereocenters. The first-order valence-corrected chi connectivity index (χ1v) is 6.36. The van der Waals surface area contributed by atoms with E-state index in [2.05, 4.69) is 0 Å². The molecule has 2 saturated heterocycles. The van der Waals surface area contributed by atoms with Gasteiger partial charge in [-0.05, 0) is 19.3 Å². The highest BCUT2D eigenvalue weighted by atomic mass is 16.4. The van der Waals surface area contributed by atoms with Gasteiger partial charge in [-0.25, -0.2) is 0 Å². The SMILES string of the molecule is O=C(O)[C@H]1CCCN(C(=O)CN2CCCC2=O)C1. The zero-order valence-corrected chi connectivity index (χ0v) is 10.3. The van der Waals surface area contributed by atoms with Gasteiger partial charge in [-0.15, -0.1) is 0 Å². The minimum Gasteiger partial charge on any atom is -0.481 e. The maximum atomic E-state index is 12.0. The van der Waals surface area contributed by atoms with Crippen LogP contribution in [0.15, 0.2) is 0 Å². The summed E-state index contributed by atoms with van der Waals surface area (Å²) in [6.07, 6.45) is 2.67. The fourth-order valence-electron chi connectivity index (χ4n) is 2.54. The van der Waals surface area contributed by atoms with Crippen LogP contribution in [-0.4, -0.2) is 58.9 Å². The number of piperidine rings is 1. The molecule has 100 valence electrons. The van der Waals surface area contributed by atoms with Crippen molar-refractivity contribution in [2.75, 3.05) is 26.2 Å². The van der Waals surface area contributed by atoms with Gasteiger partial charge in [0, 0.05) is 26.1 Å². The van der Waals surface area contributed by atoms with Gasteiger partial charge >= 0.3 is 5.97 Å². The Morgan fingerprint density at radius 1 is 1.28 bits per heavy atom. The zero-order chi connectivity index (χ0) is 13.1. The number of aliphatic carboxylic acids is 1. The van der Waals surface area contributed by atoms with Gasteiger partial charge in [0.2, 0.25) is 11.8 Å². The summed E-state index contributed by atoms with van der Waals surface area (Å²) in [5.74, 6) is -1.41. The van der Waals surface area contributed by atoms with Crippen molar-refractivity contribution in [1.82, 2.24) is 9.80 Å². The summed E-state index contributed by atoms with van der Waals surface area (Å²) in [7, 11) is 0. The van der Waals surface area contributed by atoms with Crippen molar-refractivity contribution in [2.24, 2.45) is 5.92 Å². The molecule has 0 aromatic rings. The molecule has 2 rings (SSSR count). The highest BCUT2D eigenvalue weighted by molar-refractivity contribution is 5.86. The maximum Gasteiger partial charge on any atom is 0.308 e. The molecule has 0 spiro atoms. The highest BCUT2D eigenvalue weighted by Gasteiger charge is 2.30. The standard InChI is InChI=1S/C12H18N2O4/c15-10-4-2-6-14(10)8-11(16)13-5-1-3-9(7-13)12(17)18/h9H,1-8H2,(H,17,18)/t9-/m0/s1. The van der Waals surface area contributed by atoms with Gasteiger partial charge in [-0.1, -0.05) is 0 Å². The topological polar surface area (TPSA) is 77.9 Å². The van der Waals surface area contributed by atoms with Gasteiger partial charge in [0.15, 0.2) is 0 Å². The molecule has 6 heteroatoms. The van der Waals surface area contributed by atoms with Crippen molar-refractivity contribution in [3.05, 3.63) is 0 Å². The quantitative estimate of drug-likeness (QED) is 0.765. The smallest absolute Gasteiger partial charge is 0.308 e. The molecule has 0 aliphatic carbocycles. The van der Waals surface area contributed by atoms with E-state index < -0.39 is 11.9 Å². The van der Waals surface area contributed by atoms with Crippen molar-refractivity contribution >= 4 is 17.8 Å². The first kappa shape index (κ1) is 12.9. The highest BCUT2D eigenvalue weighted by Crippen LogP contribution is 2.17. The molecule has 0 aromatic carbocycles. The summed E-state index contributed by atoms with van der Waals surface area (Å²) < 4.78 is 0. The number of carboxylic acids is 1. The van der Waals surface area contributed by atoms with Crippen LogP contribution in [0.25, 0.3) is 0 Å². The largest absolute Gasteiger partial charge is 0.481 e. The van der Waals surface area contributed by atoms with Crippen LogP contribution in [0.4, 0.5) is 0 Å². The summed E-state index contributed by atoms with van der Waals surface area (Å²) in [4.78, 5) is 37.5. The van der Waals surface area contributed by atoms with E-state index in [1.807, 2.05) is 0 Å². The van der Waals surface area contributed by atoms with Crippen molar-refractivity contribution in [2.45, 2.75) is 25.7 Å². The van der Waals surface area contributed by atoms with E-state index in [0.717, 1.165) is 12.8 Å². The van der Waals surface area contributed by atoms with Gasteiger partial charge in [-0.3, -0.25) is 14.4 Å². The predicted octanol–water partition coefficient (Wildman–Crippen LogP) is -0.0680. The lowest BCUT2D eigenvalue weighted by Gasteiger charge is -2.31. The van der Waals surface area contributed by atoms with E-state index in [-0.39, 0.29) is 24.9 Å². The van der Waals surface area contributed by atoms with E-state index in [4.69, 9.17) is 5.11 Å². The lowest BCUT2D eigenvalue weighted by molar-refractivity contribution is -0.147. The molecule has 6 nitrogen and oxygen atoms in total. The molecule has 2 aliphatic rings. The van der Waals surface area contributed by atoms with E-state index in [1.165, 1.54) is 0 Å². The number of nitrogens with zero attached hydrogens (tertiary/aromatic N) is 2. The Hall–Kier alpha value is -1.59. The number of rotatable bonds is 3. The summed E-state index contributed by atoms with van der Waals surface area (Å²) in [5.41, 5.74) is 0. The number of hydrogen-bond donors (Lipinski definition) is 1. The second kappa shape index (κ2) is 5.37. The van der Waals surface area contributed by atoms with Crippen LogP contribution in [0.3, 0.4) is 0 Å². The second-order valence-electron chi connectivity index (χ2n) is 4.94. The summed E-state index contributed by atoms with van der Waals surface area (Å²) in [5, 5.41) is 8.96. The number of amides is 2. The molecule has 1 atom stereocenters. The average Bonchev–Trinajstić information content (AvgIpc) is 2.75. The van der Waals surface area contributed by atoms with Crippen LogP contribution < -0.4 is 0 Å². The average molecular weight is 254 g/mol. The van der Waals surface area contributed by atoms with Crippen LogP contribution in [0.5, 0.6) is 0 Å². The number of carbonyl (C=O) groups excluding carboxylic acids is 2. The molecule has 2 fully saturated rings.